The van der Waals surface area contributed by atoms with Crippen molar-refractivity contribution in [2.24, 2.45) is 5.73 Å². The topological polar surface area (TPSA) is 131 Å². The number of rotatable bonds is 5. The van der Waals surface area contributed by atoms with Gasteiger partial charge in [-0.2, -0.15) is 5.26 Å². The number of ether oxygens (including phenoxy) is 2. The number of nitrogens with zero attached hydrogens (tertiary/aromatic N) is 3. The van der Waals surface area contributed by atoms with E-state index in [9.17, 15) is 14.9 Å². The molecule has 34 heavy (non-hydrogen) atoms. The summed E-state index contributed by atoms with van der Waals surface area (Å²) in [5, 5.41) is 11.4. The molecule has 0 radical (unpaired) electrons. The van der Waals surface area contributed by atoms with Crippen LogP contribution in [0.15, 0.2) is 59.2 Å². The highest BCUT2D eigenvalue weighted by atomic mass is 35.5. The molecule has 1 aromatic carbocycles. The predicted octanol–water partition coefficient (Wildman–Crippen LogP) is 3.20. The van der Waals surface area contributed by atoms with Gasteiger partial charge in [0.2, 0.25) is 0 Å². The van der Waals surface area contributed by atoms with Gasteiger partial charge in [0.05, 0.1) is 37.3 Å². The number of ketones is 1. The number of nitrogens with one attached hydrogen (secondary N) is 1. The Morgan fingerprint density at radius 3 is 2.71 bits per heavy atom. The van der Waals surface area contributed by atoms with E-state index in [2.05, 4.69) is 16.5 Å². The van der Waals surface area contributed by atoms with Gasteiger partial charge in [0.1, 0.15) is 11.0 Å². The summed E-state index contributed by atoms with van der Waals surface area (Å²) in [4.78, 5) is 30.0. The Bertz CT molecular complexity index is 1280. The molecule has 0 saturated carbocycles. The summed E-state index contributed by atoms with van der Waals surface area (Å²) in [5.41, 5.74) is 11.0. The van der Waals surface area contributed by atoms with E-state index in [0.717, 1.165) is 0 Å². The number of carbonyl (C=O) groups excluding carboxylic acids is 2. The zero-order valence-electron chi connectivity index (χ0n) is 18.6. The summed E-state index contributed by atoms with van der Waals surface area (Å²) in [6.07, 6.45) is 2.88. The lowest BCUT2D eigenvalue weighted by Crippen LogP contribution is -2.48. The van der Waals surface area contributed by atoms with Crippen molar-refractivity contribution in [3.63, 3.8) is 0 Å². The third-order valence-electron chi connectivity index (χ3n) is 5.87. The van der Waals surface area contributed by atoms with E-state index in [-0.39, 0.29) is 27.9 Å². The lowest BCUT2D eigenvalue weighted by Gasteiger charge is -2.39. The Kier molecular flexibility index (Phi) is 6.43. The Morgan fingerprint density at radius 1 is 1.26 bits per heavy atom. The van der Waals surface area contributed by atoms with Crippen LogP contribution in [0.3, 0.4) is 0 Å². The van der Waals surface area contributed by atoms with E-state index in [1.807, 2.05) is 0 Å². The number of nitriles is 1. The predicted molar refractivity (Wildman–Crippen MR) is 124 cm³/mol. The molecule has 0 bridgehead atoms. The second-order valence-corrected chi connectivity index (χ2v) is 8.07. The highest BCUT2D eigenvalue weighted by Gasteiger charge is 2.41. The van der Waals surface area contributed by atoms with Gasteiger partial charge in [0.15, 0.2) is 17.3 Å². The third kappa shape index (κ3) is 3.93. The maximum absolute atomic E-state index is 13.2. The number of benzene rings is 1. The van der Waals surface area contributed by atoms with Crippen LogP contribution in [0.1, 0.15) is 41.1 Å². The van der Waals surface area contributed by atoms with Gasteiger partial charge in [-0.15, -0.1) is 0 Å². The Hall–Kier alpha value is -4.03. The second kappa shape index (κ2) is 9.45. The van der Waals surface area contributed by atoms with Gasteiger partial charge in [-0.3, -0.25) is 15.0 Å². The van der Waals surface area contributed by atoms with Crippen molar-refractivity contribution in [3.8, 4) is 17.6 Å². The van der Waals surface area contributed by atoms with Crippen LogP contribution in [0.25, 0.3) is 0 Å². The number of pyridine rings is 1. The smallest absolute Gasteiger partial charge is 0.273 e. The Balaban J connectivity index is 1.83. The average molecular weight is 480 g/mol. The van der Waals surface area contributed by atoms with Crippen LogP contribution >= 0.6 is 11.6 Å². The first-order chi connectivity index (χ1) is 16.4. The number of amides is 1. The van der Waals surface area contributed by atoms with Gasteiger partial charge in [0.25, 0.3) is 5.91 Å². The zero-order valence-corrected chi connectivity index (χ0v) is 19.3. The summed E-state index contributed by atoms with van der Waals surface area (Å²) in [7, 11) is 3.03. The minimum absolute atomic E-state index is 0.0252. The second-order valence-electron chi connectivity index (χ2n) is 7.71. The molecule has 1 unspecified atom stereocenters. The summed E-state index contributed by atoms with van der Waals surface area (Å²) < 4.78 is 10.7. The van der Waals surface area contributed by atoms with Crippen LogP contribution in [-0.2, 0) is 4.79 Å². The first kappa shape index (κ1) is 23.1. The molecule has 174 valence electrons. The number of hydrazine groups is 1. The highest BCUT2D eigenvalue weighted by Crippen LogP contribution is 2.45. The van der Waals surface area contributed by atoms with Gasteiger partial charge in [0, 0.05) is 23.9 Å². The Labute approximate surface area is 201 Å². The highest BCUT2D eigenvalue weighted by molar-refractivity contribution is 6.32. The fourth-order valence-electron chi connectivity index (χ4n) is 4.30. The summed E-state index contributed by atoms with van der Waals surface area (Å²) in [5.74, 6) is -0.369. The van der Waals surface area contributed by atoms with Crippen molar-refractivity contribution in [1.82, 2.24) is 15.4 Å². The van der Waals surface area contributed by atoms with Crippen molar-refractivity contribution in [2.45, 2.75) is 25.2 Å². The summed E-state index contributed by atoms with van der Waals surface area (Å²) in [6, 6.07) is 10.5. The number of methoxy groups -OCH3 is 2. The molecule has 0 spiro atoms. The fourth-order valence-corrected chi connectivity index (χ4v) is 4.50. The molecule has 10 heteroatoms. The molecule has 1 amide bonds. The van der Waals surface area contributed by atoms with Crippen LogP contribution in [0.4, 0.5) is 0 Å². The minimum atomic E-state index is -0.706. The lowest BCUT2D eigenvalue weighted by atomic mass is 9.76. The molecule has 2 aliphatic rings. The standard InChI is InChI=1S/C24H22ClN5O4/c1-33-18-9-8-13(11-19(18)34-2)20-15(12-26)23(27)30(16-6-3-7-17(31)21(16)20)29-24(32)14-5-4-10-28-22(14)25/h4-5,8-11,20H,3,6-7,27H2,1-2H3,(H,29,32). The molecule has 2 aromatic rings. The molecule has 1 aliphatic heterocycles. The minimum Gasteiger partial charge on any atom is -0.493 e. The number of nitrogens with two attached hydrogens (primary N) is 1. The number of aromatic nitrogens is 1. The van der Waals surface area contributed by atoms with Gasteiger partial charge in [-0.25, -0.2) is 9.99 Å². The maximum Gasteiger partial charge on any atom is 0.273 e. The number of hydrogen-bond acceptors (Lipinski definition) is 8. The summed E-state index contributed by atoms with van der Waals surface area (Å²) in [6.45, 7) is 0. The first-order valence-electron chi connectivity index (χ1n) is 10.5. The summed E-state index contributed by atoms with van der Waals surface area (Å²) >= 11 is 6.07. The first-order valence-corrected chi connectivity index (χ1v) is 10.9. The molecular weight excluding hydrogens is 458 g/mol. The van der Waals surface area contributed by atoms with E-state index >= 15 is 0 Å². The molecular formula is C24H22ClN5O4. The van der Waals surface area contributed by atoms with Crippen LogP contribution < -0.4 is 20.6 Å². The van der Waals surface area contributed by atoms with E-state index in [0.29, 0.717) is 47.6 Å². The molecule has 1 aromatic heterocycles. The molecule has 1 atom stereocenters. The van der Waals surface area contributed by atoms with Gasteiger partial charge < -0.3 is 15.2 Å². The van der Waals surface area contributed by atoms with Crippen molar-refractivity contribution >= 4 is 23.3 Å². The molecule has 0 fully saturated rings. The van der Waals surface area contributed by atoms with Crippen LogP contribution in [0.2, 0.25) is 5.15 Å². The van der Waals surface area contributed by atoms with E-state index in [1.54, 1.807) is 24.3 Å². The zero-order chi connectivity index (χ0) is 24.4. The maximum atomic E-state index is 13.2. The largest absolute Gasteiger partial charge is 0.493 e. The van der Waals surface area contributed by atoms with Gasteiger partial charge >= 0.3 is 0 Å². The molecule has 3 N–H and O–H groups in total. The number of carbonyl (C=O) groups is 2. The third-order valence-corrected chi connectivity index (χ3v) is 6.17. The lowest BCUT2D eigenvalue weighted by molar-refractivity contribution is -0.116. The molecule has 1 aliphatic carbocycles. The van der Waals surface area contributed by atoms with Crippen molar-refractivity contribution in [1.29, 1.82) is 5.26 Å². The average Bonchev–Trinajstić information content (AvgIpc) is 2.85. The fraction of sp³-hybridized carbons (Fsp3) is 0.250. The number of hydrogen-bond donors (Lipinski definition) is 2. The normalized spacial score (nSPS) is 17.8. The van der Waals surface area contributed by atoms with Crippen LogP contribution in [0, 0.1) is 11.3 Å². The number of halogens is 1. The van der Waals surface area contributed by atoms with E-state index in [1.165, 1.54) is 31.5 Å². The number of Topliss-reactive ketones (excluding diaryl/α,β-unsaturated/α-hetero) is 1. The quantitative estimate of drug-likeness (QED) is 0.625. The Morgan fingerprint density at radius 2 is 2.03 bits per heavy atom. The van der Waals surface area contributed by atoms with Gasteiger partial charge in [-0.05, 0) is 42.7 Å². The van der Waals surface area contributed by atoms with E-state index < -0.39 is 11.8 Å². The van der Waals surface area contributed by atoms with Crippen molar-refractivity contribution < 1.29 is 19.1 Å². The molecule has 0 saturated heterocycles. The van der Waals surface area contributed by atoms with Gasteiger partial charge in [-0.1, -0.05) is 17.7 Å². The SMILES string of the molecule is COc1ccc(C2C(C#N)=C(N)N(NC(=O)c3cccnc3Cl)C3=C2C(=O)CCC3)cc1OC. The number of allylic oxidation sites excluding steroid dienone is 3. The molecule has 2 heterocycles. The van der Waals surface area contributed by atoms with Crippen molar-refractivity contribution in [2.75, 3.05) is 14.2 Å². The molecule has 4 rings (SSSR count). The van der Waals surface area contributed by atoms with Crippen LogP contribution in [0.5, 0.6) is 11.5 Å². The molecule has 9 nitrogen and oxygen atoms in total. The van der Waals surface area contributed by atoms with Crippen LogP contribution in [-0.4, -0.2) is 35.9 Å². The monoisotopic (exact) mass is 479 g/mol. The van der Waals surface area contributed by atoms with E-state index in [4.69, 9.17) is 26.8 Å². The van der Waals surface area contributed by atoms with Crippen molar-refractivity contribution in [3.05, 3.63) is 75.5 Å².